The van der Waals surface area contributed by atoms with Crippen molar-refractivity contribution >= 4 is 5.97 Å². The van der Waals surface area contributed by atoms with Crippen LogP contribution in [0.1, 0.15) is 120 Å². The number of aliphatic hydroxyl groups excluding tert-OH is 3. The number of unbranched alkanes of at least 4 members (excludes halogenated alkanes) is 1. The lowest BCUT2D eigenvalue weighted by molar-refractivity contribution is -0.278. The van der Waals surface area contributed by atoms with Crippen LogP contribution in [0.4, 0.5) is 0 Å². The van der Waals surface area contributed by atoms with Gasteiger partial charge in [0.1, 0.15) is 6.10 Å². The van der Waals surface area contributed by atoms with E-state index in [-0.39, 0.29) is 40.0 Å². The zero-order chi connectivity index (χ0) is 28.8. The number of carbonyl (C=O) groups excluding carboxylic acids is 1. The van der Waals surface area contributed by atoms with E-state index in [2.05, 4.69) is 61.5 Å². The van der Waals surface area contributed by atoms with Crippen molar-refractivity contribution in [2.24, 2.45) is 50.2 Å². The van der Waals surface area contributed by atoms with E-state index >= 15 is 0 Å². The summed E-state index contributed by atoms with van der Waals surface area (Å²) in [5.74, 6) is 0.538. The van der Waals surface area contributed by atoms with Crippen LogP contribution in [0.5, 0.6) is 0 Å². The molecule has 0 unspecified atom stereocenters. The fourth-order valence-electron chi connectivity index (χ4n) is 11.1. The van der Waals surface area contributed by atoms with Gasteiger partial charge >= 0.3 is 5.97 Å². The molecule has 0 saturated heterocycles. The highest BCUT2D eigenvalue weighted by Crippen LogP contribution is 2.75. The lowest BCUT2D eigenvalue weighted by atomic mass is 9.33. The molecule has 0 spiro atoms. The first-order chi connectivity index (χ1) is 18.0. The molecular formula is C34H56O5. The molecule has 3 N–H and O–H groups in total. The van der Waals surface area contributed by atoms with E-state index in [1.807, 2.05) is 0 Å². The highest BCUT2D eigenvalue weighted by Gasteiger charge is 2.72. The van der Waals surface area contributed by atoms with Gasteiger partial charge in [0.2, 0.25) is 0 Å². The van der Waals surface area contributed by atoms with Crippen molar-refractivity contribution < 1.29 is 24.9 Å². The summed E-state index contributed by atoms with van der Waals surface area (Å²) in [7, 11) is 0. The highest BCUT2D eigenvalue weighted by molar-refractivity contribution is 5.78. The van der Waals surface area contributed by atoms with Crippen LogP contribution in [0.15, 0.2) is 11.6 Å². The predicted molar refractivity (Wildman–Crippen MR) is 154 cm³/mol. The van der Waals surface area contributed by atoms with Crippen molar-refractivity contribution in [3.8, 4) is 0 Å². The second-order valence-electron chi connectivity index (χ2n) is 16.4. The molecule has 0 bridgehead atoms. The number of allylic oxidation sites excluding steroid dienone is 2. The van der Waals surface area contributed by atoms with E-state index in [1.54, 1.807) is 0 Å². The van der Waals surface area contributed by atoms with E-state index in [0.717, 1.165) is 64.2 Å². The Hall–Kier alpha value is -0.910. The van der Waals surface area contributed by atoms with Gasteiger partial charge in [-0.25, -0.2) is 0 Å². The third kappa shape index (κ3) is 3.84. The molecule has 0 radical (unpaired) electrons. The topological polar surface area (TPSA) is 87.0 Å². The molecule has 4 fully saturated rings. The fraction of sp³-hybridized carbons (Fsp3) is 0.912. The molecule has 5 aliphatic rings. The van der Waals surface area contributed by atoms with Crippen LogP contribution in [-0.4, -0.2) is 46.2 Å². The van der Waals surface area contributed by atoms with Gasteiger partial charge in [0.25, 0.3) is 0 Å². The lowest BCUT2D eigenvalue weighted by Gasteiger charge is -2.72. The minimum absolute atomic E-state index is 0.0314. The number of ether oxygens (including phenoxy) is 1. The molecule has 5 nitrogen and oxygen atoms in total. The third-order valence-electron chi connectivity index (χ3n) is 13.9. The molecule has 0 heterocycles. The van der Waals surface area contributed by atoms with Crippen molar-refractivity contribution in [2.75, 3.05) is 6.61 Å². The van der Waals surface area contributed by atoms with Crippen LogP contribution in [0.3, 0.4) is 0 Å². The summed E-state index contributed by atoms with van der Waals surface area (Å²) in [6, 6.07) is 0. The summed E-state index contributed by atoms with van der Waals surface area (Å²) in [5, 5.41) is 33.7. The summed E-state index contributed by atoms with van der Waals surface area (Å²) in [6.45, 7) is 18.6. The fourth-order valence-corrected chi connectivity index (χ4v) is 11.1. The second kappa shape index (κ2) is 9.30. The molecule has 4 saturated carbocycles. The zero-order valence-electron chi connectivity index (χ0n) is 26.0. The van der Waals surface area contributed by atoms with Crippen LogP contribution < -0.4 is 0 Å². The molecule has 0 aromatic rings. The van der Waals surface area contributed by atoms with Crippen molar-refractivity contribution in [1.82, 2.24) is 0 Å². The average molecular weight is 545 g/mol. The summed E-state index contributed by atoms with van der Waals surface area (Å²) in [6.07, 6.45) is 8.98. The molecule has 5 rings (SSSR count). The van der Waals surface area contributed by atoms with Gasteiger partial charge in [0.05, 0.1) is 24.2 Å². The van der Waals surface area contributed by atoms with Crippen molar-refractivity contribution in [2.45, 2.75) is 138 Å². The van der Waals surface area contributed by atoms with Crippen molar-refractivity contribution in [3.63, 3.8) is 0 Å². The normalized spacial score (nSPS) is 50.0. The highest BCUT2D eigenvalue weighted by atomic mass is 16.5. The summed E-state index contributed by atoms with van der Waals surface area (Å²) in [5.41, 5.74) is 0.103. The number of hydrogen-bond donors (Lipinski definition) is 3. The first-order valence-corrected chi connectivity index (χ1v) is 15.9. The Bertz CT molecular complexity index is 1020. The first-order valence-electron chi connectivity index (χ1n) is 15.9. The Labute approximate surface area is 237 Å². The van der Waals surface area contributed by atoms with Crippen LogP contribution >= 0.6 is 0 Å². The van der Waals surface area contributed by atoms with E-state index in [4.69, 9.17) is 4.74 Å². The predicted octanol–water partition coefficient (Wildman–Crippen LogP) is 6.43. The smallest absolute Gasteiger partial charge is 0.312 e. The number of carbonyl (C=O) groups is 1. The molecule has 5 aliphatic carbocycles. The number of esters is 1. The monoisotopic (exact) mass is 544 g/mol. The molecular weight excluding hydrogens is 488 g/mol. The van der Waals surface area contributed by atoms with Gasteiger partial charge < -0.3 is 20.1 Å². The Morgan fingerprint density at radius 3 is 2.26 bits per heavy atom. The summed E-state index contributed by atoms with van der Waals surface area (Å²) in [4.78, 5) is 13.9. The molecule has 0 aliphatic heterocycles. The molecule has 39 heavy (non-hydrogen) atoms. The van der Waals surface area contributed by atoms with Gasteiger partial charge in [-0.05, 0) is 97.2 Å². The van der Waals surface area contributed by atoms with E-state index in [0.29, 0.717) is 6.61 Å². The summed E-state index contributed by atoms with van der Waals surface area (Å²) < 4.78 is 5.99. The second-order valence-corrected chi connectivity index (χ2v) is 16.4. The Kier molecular flexibility index (Phi) is 7.05. The lowest BCUT2D eigenvalue weighted by Crippen LogP contribution is -2.72. The molecule has 222 valence electrons. The minimum atomic E-state index is -1.14. The van der Waals surface area contributed by atoms with Crippen LogP contribution in [-0.2, 0) is 9.53 Å². The molecule has 0 aromatic carbocycles. The molecule has 10 atom stereocenters. The van der Waals surface area contributed by atoms with Crippen LogP contribution in [0.2, 0.25) is 0 Å². The standard InChI is InChI=1S/C34H56O5/c1-9-10-19-39-28(38)34-17-15-29(2,3)20-22(34)21-11-12-24-32(7,31(21,6)16-18-34)14-13-23-30(4,5)26(36)25(35)27(37)33(23,24)8/h11,22-27,35-37H,9-10,12-20H2,1-8H3/t22-,23-,24-,25+,26-,27-,31+,32+,33-,34-/m0/s1. The SMILES string of the molecule is CCCCOC(=O)[C@]12CCC(C)(C)C[C@H]1C1=CC[C@@H]3[C@@]4(C)[C@@H](O)[C@H](O)[C@H](O)C(C)(C)[C@@H]4CC[C@@]3(C)[C@]1(C)CC2. The van der Waals surface area contributed by atoms with E-state index in [1.165, 1.54) is 5.57 Å². The number of rotatable bonds is 4. The van der Waals surface area contributed by atoms with Gasteiger partial charge in [-0.2, -0.15) is 0 Å². The maximum absolute atomic E-state index is 13.9. The molecule has 5 heteroatoms. The maximum Gasteiger partial charge on any atom is 0.312 e. The quantitative estimate of drug-likeness (QED) is 0.216. The molecule has 0 aromatic heterocycles. The Balaban J connectivity index is 1.58. The van der Waals surface area contributed by atoms with Crippen LogP contribution in [0, 0.1) is 50.2 Å². The van der Waals surface area contributed by atoms with Crippen LogP contribution in [0.25, 0.3) is 0 Å². The first kappa shape index (κ1) is 29.6. The minimum Gasteiger partial charge on any atom is -0.465 e. The van der Waals surface area contributed by atoms with Gasteiger partial charge in [-0.3, -0.25) is 4.79 Å². The van der Waals surface area contributed by atoms with Crippen molar-refractivity contribution in [3.05, 3.63) is 11.6 Å². The van der Waals surface area contributed by atoms with Gasteiger partial charge in [0.15, 0.2) is 0 Å². The van der Waals surface area contributed by atoms with E-state index < -0.39 is 34.6 Å². The Morgan fingerprint density at radius 2 is 1.59 bits per heavy atom. The number of fused-ring (bicyclic) bond motifs is 7. The summed E-state index contributed by atoms with van der Waals surface area (Å²) >= 11 is 0. The average Bonchev–Trinajstić information content (AvgIpc) is 2.86. The largest absolute Gasteiger partial charge is 0.465 e. The number of hydrogen-bond acceptors (Lipinski definition) is 5. The van der Waals surface area contributed by atoms with Gasteiger partial charge in [0, 0.05) is 5.41 Å². The van der Waals surface area contributed by atoms with Gasteiger partial charge in [-0.15, -0.1) is 0 Å². The zero-order valence-corrected chi connectivity index (χ0v) is 26.0. The van der Waals surface area contributed by atoms with Gasteiger partial charge in [-0.1, -0.05) is 73.5 Å². The van der Waals surface area contributed by atoms with E-state index in [9.17, 15) is 20.1 Å². The Morgan fingerprint density at radius 1 is 0.923 bits per heavy atom. The third-order valence-corrected chi connectivity index (χ3v) is 13.9. The maximum atomic E-state index is 13.9. The molecule has 0 amide bonds. The van der Waals surface area contributed by atoms with Crippen molar-refractivity contribution in [1.29, 1.82) is 0 Å². The number of aliphatic hydroxyl groups is 3.